The van der Waals surface area contributed by atoms with Crippen LogP contribution in [0.25, 0.3) is 0 Å². The van der Waals surface area contributed by atoms with Gasteiger partial charge >= 0.3 is 0 Å². The average molecular weight is 232 g/mol. The molecule has 0 aromatic heterocycles. The van der Waals surface area contributed by atoms with Crippen molar-refractivity contribution in [3.05, 3.63) is 33.8 Å². The van der Waals surface area contributed by atoms with Crippen LogP contribution in [-0.2, 0) is 0 Å². The van der Waals surface area contributed by atoms with Gasteiger partial charge in [0.15, 0.2) is 0 Å². The molecule has 0 atom stereocenters. The SMILES string of the molecule is O=C(N=C=S)c1cccc(Cl)c1Cl. The predicted molar refractivity (Wildman–Crippen MR) is 55.8 cm³/mol. The third-order valence-corrected chi connectivity index (χ3v) is 2.24. The molecule has 1 rings (SSSR count). The van der Waals surface area contributed by atoms with Crippen molar-refractivity contribution in [2.75, 3.05) is 0 Å². The summed E-state index contributed by atoms with van der Waals surface area (Å²) in [6, 6.07) is 4.72. The van der Waals surface area contributed by atoms with Gasteiger partial charge in [0, 0.05) is 0 Å². The minimum atomic E-state index is -0.539. The van der Waals surface area contributed by atoms with Crippen LogP contribution in [0.4, 0.5) is 0 Å². The molecule has 0 bridgehead atoms. The number of benzene rings is 1. The number of carbonyl (C=O) groups excluding carboxylic acids is 1. The second kappa shape index (κ2) is 4.49. The van der Waals surface area contributed by atoms with Crippen LogP contribution in [0.2, 0.25) is 10.0 Å². The van der Waals surface area contributed by atoms with E-state index in [0.29, 0.717) is 5.02 Å². The van der Waals surface area contributed by atoms with E-state index in [-0.39, 0.29) is 10.6 Å². The van der Waals surface area contributed by atoms with Crippen LogP contribution in [0, 0.1) is 0 Å². The number of hydrogen-bond acceptors (Lipinski definition) is 2. The van der Waals surface area contributed by atoms with Crippen molar-refractivity contribution >= 4 is 46.5 Å². The Morgan fingerprint density at radius 2 is 2.15 bits per heavy atom. The molecule has 0 aliphatic carbocycles. The van der Waals surface area contributed by atoms with Crippen LogP contribution >= 0.6 is 35.4 Å². The Morgan fingerprint density at radius 3 is 2.77 bits per heavy atom. The highest BCUT2D eigenvalue weighted by Crippen LogP contribution is 2.25. The second-order valence-corrected chi connectivity index (χ2v) is 3.08. The maximum atomic E-state index is 11.2. The van der Waals surface area contributed by atoms with Crippen molar-refractivity contribution < 1.29 is 4.79 Å². The third kappa shape index (κ3) is 2.36. The smallest absolute Gasteiger partial charge is 0.266 e. The van der Waals surface area contributed by atoms with E-state index in [1.54, 1.807) is 12.1 Å². The first-order valence-electron chi connectivity index (χ1n) is 3.23. The first-order chi connectivity index (χ1) is 6.16. The van der Waals surface area contributed by atoms with Crippen molar-refractivity contribution in [1.82, 2.24) is 0 Å². The molecule has 0 aliphatic rings. The minimum Gasteiger partial charge on any atom is -0.266 e. The van der Waals surface area contributed by atoms with E-state index < -0.39 is 5.91 Å². The molecule has 2 nitrogen and oxygen atoms in total. The number of rotatable bonds is 1. The molecule has 0 saturated heterocycles. The molecule has 0 unspecified atom stereocenters. The Balaban J connectivity index is 3.22. The molecule has 5 heteroatoms. The maximum Gasteiger partial charge on any atom is 0.287 e. The number of halogens is 2. The lowest BCUT2D eigenvalue weighted by Gasteiger charge is -1.99. The van der Waals surface area contributed by atoms with Gasteiger partial charge in [0.1, 0.15) is 0 Å². The van der Waals surface area contributed by atoms with Crippen molar-refractivity contribution in [1.29, 1.82) is 0 Å². The van der Waals surface area contributed by atoms with Crippen molar-refractivity contribution in [3.63, 3.8) is 0 Å². The van der Waals surface area contributed by atoms with E-state index >= 15 is 0 Å². The number of aliphatic imine (C=N–C) groups is 1. The fraction of sp³-hybridized carbons (Fsp3) is 0. The summed E-state index contributed by atoms with van der Waals surface area (Å²) in [5.41, 5.74) is 0.228. The highest BCUT2D eigenvalue weighted by molar-refractivity contribution is 7.78. The zero-order valence-electron chi connectivity index (χ0n) is 6.25. The highest BCUT2D eigenvalue weighted by Gasteiger charge is 2.10. The molecule has 13 heavy (non-hydrogen) atoms. The van der Waals surface area contributed by atoms with Crippen LogP contribution in [0.3, 0.4) is 0 Å². The third-order valence-electron chi connectivity index (χ3n) is 1.33. The lowest BCUT2D eigenvalue weighted by molar-refractivity contribution is 0.100. The Bertz CT molecular complexity index is 399. The standard InChI is InChI=1S/C8H3Cl2NOS/c9-6-3-1-2-5(7(6)10)8(12)11-4-13/h1-3H. The average Bonchev–Trinajstić information content (AvgIpc) is 2.10. The number of thiocarbonyl (C=S) groups is 1. The van der Waals surface area contributed by atoms with Crippen LogP contribution in [-0.4, -0.2) is 11.1 Å². The van der Waals surface area contributed by atoms with Crippen molar-refractivity contribution in [2.45, 2.75) is 0 Å². The number of isothiocyanates is 1. The first-order valence-corrected chi connectivity index (χ1v) is 4.39. The summed E-state index contributed by atoms with van der Waals surface area (Å²) >= 11 is 15.7. The van der Waals surface area contributed by atoms with Gasteiger partial charge in [-0.2, -0.15) is 4.99 Å². The molecule has 0 fully saturated rings. The molecular weight excluding hydrogens is 229 g/mol. The van der Waals surface area contributed by atoms with Gasteiger partial charge in [-0.05, 0) is 24.4 Å². The number of hydrogen-bond donors (Lipinski definition) is 0. The summed E-state index contributed by atoms with van der Waals surface area (Å²) in [6.07, 6.45) is 0. The normalized spacial score (nSPS) is 9.08. The Hall–Kier alpha value is -0.730. The molecule has 0 aliphatic heterocycles. The van der Waals surface area contributed by atoms with Gasteiger partial charge in [0.05, 0.1) is 20.8 Å². The second-order valence-electron chi connectivity index (χ2n) is 2.11. The molecule has 1 aromatic rings. The number of amides is 1. The summed E-state index contributed by atoms with van der Waals surface area (Å²) in [7, 11) is 0. The quantitative estimate of drug-likeness (QED) is 0.549. The van der Waals surface area contributed by atoms with E-state index in [1.165, 1.54) is 6.07 Å². The van der Waals surface area contributed by atoms with E-state index in [2.05, 4.69) is 17.2 Å². The summed E-state index contributed by atoms with van der Waals surface area (Å²) in [5.74, 6) is -0.539. The van der Waals surface area contributed by atoms with Gasteiger partial charge in [-0.1, -0.05) is 29.3 Å². The zero-order chi connectivity index (χ0) is 9.84. The molecule has 0 N–H and O–H groups in total. The van der Waals surface area contributed by atoms with Crippen molar-refractivity contribution in [2.24, 2.45) is 4.99 Å². The molecule has 0 saturated carbocycles. The van der Waals surface area contributed by atoms with E-state index in [4.69, 9.17) is 23.2 Å². The minimum absolute atomic E-state index is 0.183. The van der Waals surface area contributed by atoms with Gasteiger partial charge < -0.3 is 0 Å². The van der Waals surface area contributed by atoms with E-state index in [0.717, 1.165) is 0 Å². The van der Waals surface area contributed by atoms with Gasteiger partial charge in [-0.15, -0.1) is 0 Å². The highest BCUT2D eigenvalue weighted by atomic mass is 35.5. The Morgan fingerprint density at radius 1 is 1.46 bits per heavy atom. The van der Waals surface area contributed by atoms with Gasteiger partial charge in [-0.3, -0.25) is 4.79 Å². The molecule has 1 aromatic carbocycles. The van der Waals surface area contributed by atoms with Gasteiger partial charge in [0.25, 0.3) is 5.91 Å². The summed E-state index contributed by atoms with van der Waals surface area (Å²) in [4.78, 5) is 14.5. The molecule has 0 spiro atoms. The van der Waals surface area contributed by atoms with Crippen LogP contribution in [0.1, 0.15) is 10.4 Å². The molecular formula is C8H3Cl2NOS. The number of carbonyl (C=O) groups is 1. The Kier molecular flexibility index (Phi) is 3.58. The van der Waals surface area contributed by atoms with Crippen LogP contribution < -0.4 is 0 Å². The summed E-state index contributed by atoms with van der Waals surface area (Å²) < 4.78 is 0. The van der Waals surface area contributed by atoms with Crippen LogP contribution in [0.5, 0.6) is 0 Å². The first kappa shape index (κ1) is 10.4. The largest absolute Gasteiger partial charge is 0.287 e. The lowest BCUT2D eigenvalue weighted by atomic mass is 10.2. The number of nitrogens with zero attached hydrogens (tertiary/aromatic N) is 1. The van der Waals surface area contributed by atoms with Crippen LogP contribution in [0.15, 0.2) is 23.2 Å². The predicted octanol–water partition coefficient (Wildman–Crippen LogP) is 3.24. The molecule has 1 amide bonds. The van der Waals surface area contributed by atoms with E-state index in [9.17, 15) is 4.79 Å². The summed E-state index contributed by atoms with van der Waals surface area (Å²) in [5, 5.41) is 2.47. The molecule has 0 radical (unpaired) electrons. The molecule has 0 heterocycles. The fourth-order valence-electron chi connectivity index (χ4n) is 0.771. The van der Waals surface area contributed by atoms with E-state index in [1.807, 2.05) is 5.16 Å². The van der Waals surface area contributed by atoms with Gasteiger partial charge in [-0.25, -0.2) is 0 Å². The lowest BCUT2D eigenvalue weighted by Crippen LogP contribution is -1.95. The summed E-state index contributed by atoms with van der Waals surface area (Å²) in [6.45, 7) is 0. The van der Waals surface area contributed by atoms with Crippen molar-refractivity contribution in [3.8, 4) is 0 Å². The Labute approximate surface area is 90.2 Å². The fourth-order valence-corrected chi connectivity index (χ4v) is 1.23. The zero-order valence-corrected chi connectivity index (χ0v) is 8.58. The maximum absolute atomic E-state index is 11.2. The monoisotopic (exact) mass is 231 g/mol. The van der Waals surface area contributed by atoms with Gasteiger partial charge in [0.2, 0.25) is 0 Å². The molecule has 66 valence electrons. The topological polar surface area (TPSA) is 29.4 Å².